The van der Waals surface area contributed by atoms with E-state index < -0.39 is 0 Å². The fraction of sp³-hybridized carbons (Fsp3) is 0.545. The maximum Gasteiger partial charge on any atom is 0.227 e. The number of unbranched alkanes of at least 4 members (excludes halogenated alkanes) is 2. The van der Waals surface area contributed by atoms with Crippen molar-refractivity contribution in [3.05, 3.63) is 18.4 Å². The van der Waals surface area contributed by atoms with Crippen molar-refractivity contribution in [2.24, 2.45) is 12.8 Å². The van der Waals surface area contributed by atoms with Crippen LogP contribution in [-0.2, 0) is 13.5 Å². The molecule has 0 aliphatic rings. The van der Waals surface area contributed by atoms with E-state index in [4.69, 9.17) is 10.3 Å². The lowest BCUT2D eigenvalue weighted by Crippen LogP contribution is -1.98. The molecule has 0 spiro atoms. The van der Waals surface area contributed by atoms with E-state index in [0.29, 0.717) is 11.7 Å². The molecule has 2 N–H and O–H groups in total. The van der Waals surface area contributed by atoms with Crippen LogP contribution in [0.1, 0.15) is 25.2 Å². The molecular weight excluding hydrogens is 218 g/mol. The first-order valence-corrected chi connectivity index (χ1v) is 5.80. The topological polar surface area (TPSA) is 82.8 Å². The minimum atomic E-state index is 0.596. The summed E-state index contributed by atoms with van der Waals surface area (Å²) in [5, 5.41) is 3.95. The summed E-state index contributed by atoms with van der Waals surface area (Å²) >= 11 is 0. The average molecular weight is 235 g/mol. The van der Waals surface area contributed by atoms with Crippen LogP contribution >= 0.6 is 0 Å². The van der Waals surface area contributed by atoms with Gasteiger partial charge in [-0.1, -0.05) is 11.6 Å². The Kier molecular flexibility index (Phi) is 3.87. The SMILES string of the molecule is Cn1cncc1-c1noc(CCCCCN)n1. The van der Waals surface area contributed by atoms with Crippen molar-refractivity contribution < 1.29 is 4.52 Å². The number of aromatic nitrogens is 4. The van der Waals surface area contributed by atoms with Crippen LogP contribution in [0.15, 0.2) is 17.0 Å². The highest BCUT2D eigenvalue weighted by atomic mass is 16.5. The Hall–Kier alpha value is -1.69. The molecule has 2 aromatic rings. The van der Waals surface area contributed by atoms with Gasteiger partial charge in [-0.25, -0.2) is 4.98 Å². The number of aryl methyl sites for hydroxylation is 2. The summed E-state index contributed by atoms with van der Waals surface area (Å²) in [6.07, 6.45) is 7.42. The lowest BCUT2D eigenvalue weighted by molar-refractivity contribution is 0.374. The zero-order chi connectivity index (χ0) is 12.1. The van der Waals surface area contributed by atoms with Gasteiger partial charge >= 0.3 is 0 Å². The fourth-order valence-corrected chi connectivity index (χ4v) is 1.63. The predicted molar refractivity (Wildman–Crippen MR) is 63.1 cm³/mol. The Morgan fingerprint density at radius 1 is 1.35 bits per heavy atom. The van der Waals surface area contributed by atoms with Crippen molar-refractivity contribution >= 4 is 0 Å². The molecule has 0 aromatic carbocycles. The summed E-state index contributed by atoms with van der Waals surface area (Å²) in [6.45, 7) is 0.740. The number of imidazole rings is 1. The van der Waals surface area contributed by atoms with E-state index in [9.17, 15) is 0 Å². The van der Waals surface area contributed by atoms with Crippen LogP contribution in [-0.4, -0.2) is 26.2 Å². The van der Waals surface area contributed by atoms with E-state index >= 15 is 0 Å². The molecule has 2 rings (SSSR count). The molecule has 92 valence electrons. The zero-order valence-corrected chi connectivity index (χ0v) is 9.96. The first-order valence-electron chi connectivity index (χ1n) is 5.80. The second-order valence-electron chi connectivity index (χ2n) is 4.00. The molecule has 0 aliphatic heterocycles. The van der Waals surface area contributed by atoms with Gasteiger partial charge in [-0.05, 0) is 19.4 Å². The maximum atomic E-state index is 5.43. The van der Waals surface area contributed by atoms with E-state index in [1.807, 2.05) is 11.6 Å². The van der Waals surface area contributed by atoms with Crippen LogP contribution < -0.4 is 5.73 Å². The molecule has 0 atom stereocenters. The summed E-state index contributed by atoms with van der Waals surface area (Å²) < 4.78 is 7.05. The zero-order valence-electron chi connectivity index (χ0n) is 9.96. The highest BCUT2D eigenvalue weighted by Gasteiger charge is 2.10. The molecule has 0 saturated heterocycles. The van der Waals surface area contributed by atoms with Gasteiger partial charge in [0.25, 0.3) is 0 Å². The minimum Gasteiger partial charge on any atom is -0.339 e. The molecule has 0 bridgehead atoms. The van der Waals surface area contributed by atoms with Crippen molar-refractivity contribution in [2.45, 2.75) is 25.7 Å². The summed E-state index contributed by atoms with van der Waals surface area (Å²) in [4.78, 5) is 8.36. The summed E-state index contributed by atoms with van der Waals surface area (Å²) in [7, 11) is 1.90. The van der Waals surface area contributed by atoms with Gasteiger partial charge in [0.1, 0.15) is 5.69 Å². The van der Waals surface area contributed by atoms with Gasteiger partial charge in [0.15, 0.2) is 0 Å². The number of hydrogen-bond acceptors (Lipinski definition) is 5. The molecule has 6 nitrogen and oxygen atoms in total. The first-order chi connectivity index (χ1) is 8.31. The molecule has 6 heteroatoms. The minimum absolute atomic E-state index is 0.596. The van der Waals surface area contributed by atoms with Gasteiger partial charge < -0.3 is 14.8 Å². The third kappa shape index (κ3) is 2.91. The van der Waals surface area contributed by atoms with Crippen molar-refractivity contribution in [3.63, 3.8) is 0 Å². The summed E-state index contributed by atoms with van der Waals surface area (Å²) in [5.41, 5.74) is 6.29. The van der Waals surface area contributed by atoms with Crippen LogP contribution in [0.4, 0.5) is 0 Å². The number of hydrogen-bond donors (Lipinski definition) is 1. The van der Waals surface area contributed by atoms with E-state index in [0.717, 1.165) is 37.9 Å². The van der Waals surface area contributed by atoms with E-state index in [1.54, 1.807) is 12.5 Å². The third-order valence-corrected chi connectivity index (χ3v) is 2.61. The maximum absolute atomic E-state index is 5.43. The number of rotatable bonds is 6. The second kappa shape index (κ2) is 5.58. The fourth-order valence-electron chi connectivity index (χ4n) is 1.63. The molecular formula is C11H17N5O. The largest absolute Gasteiger partial charge is 0.339 e. The average Bonchev–Trinajstić information content (AvgIpc) is 2.93. The molecule has 0 fully saturated rings. The molecule has 17 heavy (non-hydrogen) atoms. The van der Waals surface area contributed by atoms with Crippen LogP contribution in [0.5, 0.6) is 0 Å². The standard InChI is InChI=1S/C11H17N5O/c1-16-8-13-7-9(16)11-14-10(17-15-11)5-3-2-4-6-12/h7-8H,2-6,12H2,1H3. The normalized spacial score (nSPS) is 10.9. The Balaban J connectivity index is 1.95. The van der Waals surface area contributed by atoms with Crippen molar-refractivity contribution in [2.75, 3.05) is 6.54 Å². The van der Waals surface area contributed by atoms with Crippen LogP contribution in [0.2, 0.25) is 0 Å². The van der Waals surface area contributed by atoms with Gasteiger partial charge in [0.05, 0.1) is 12.5 Å². The van der Waals surface area contributed by atoms with Crippen LogP contribution in [0.3, 0.4) is 0 Å². The predicted octanol–water partition coefficient (Wildman–Crippen LogP) is 1.14. The highest BCUT2D eigenvalue weighted by Crippen LogP contribution is 2.14. The monoisotopic (exact) mass is 235 g/mol. The van der Waals surface area contributed by atoms with Gasteiger partial charge in [-0.3, -0.25) is 0 Å². The Morgan fingerprint density at radius 2 is 2.24 bits per heavy atom. The lowest BCUT2D eigenvalue weighted by atomic mass is 10.2. The van der Waals surface area contributed by atoms with E-state index in [-0.39, 0.29) is 0 Å². The summed E-state index contributed by atoms with van der Waals surface area (Å²) in [5.74, 6) is 1.28. The van der Waals surface area contributed by atoms with Gasteiger partial charge in [0.2, 0.25) is 11.7 Å². The molecule has 0 saturated carbocycles. The van der Waals surface area contributed by atoms with Crippen molar-refractivity contribution in [1.82, 2.24) is 19.7 Å². The molecule has 2 heterocycles. The van der Waals surface area contributed by atoms with E-state index in [1.165, 1.54) is 0 Å². The van der Waals surface area contributed by atoms with Gasteiger partial charge in [-0.15, -0.1) is 0 Å². The van der Waals surface area contributed by atoms with Gasteiger partial charge in [-0.2, -0.15) is 4.98 Å². The lowest BCUT2D eigenvalue weighted by Gasteiger charge is -1.94. The molecule has 0 aliphatic carbocycles. The highest BCUT2D eigenvalue weighted by molar-refractivity contribution is 5.46. The Bertz CT molecular complexity index is 462. The Labute approximate surface area is 99.8 Å². The Morgan fingerprint density at radius 3 is 2.94 bits per heavy atom. The van der Waals surface area contributed by atoms with Gasteiger partial charge in [0, 0.05) is 13.5 Å². The van der Waals surface area contributed by atoms with E-state index in [2.05, 4.69) is 15.1 Å². The molecule has 0 radical (unpaired) electrons. The van der Waals surface area contributed by atoms with Crippen molar-refractivity contribution in [3.8, 4) is 11.5 Å². The number of nitrogens with zero attached hydrogens (tertiary/aromatic N) is 4. The molecule has 2 aromatic heterocycles. The molecule has 0 unspecified atom stereocenters. The summed E-state index contributed by atoms with van der Waals surface area (Å²) in [6, 6.07) is 0. The van der Waals surface area contributed by atoms with Crippen LogP contribution in [0.25, 0.3) is 11.5 Å². The molecule has 0 amide bonds. The first kappa shape index (κ1) is 11.8. The quantitative estimate of drug-likeness (QED) is 0.759. The van der Waals surface area contributed by atoms with Crippen molar-refractivity contribution in [1.29, 1.82) is 0 Å². The number of nitrogens with two attached hydrogens (primary N) is 1. The third-order valence-electron chi connectivity index (χ3n) is 2.61. The smallest absolute Gasteiger partial charge is 0.227 e. The second-order valence-corrected chi connectivity index (χ2v) is 4.00. The van der Waals surface area contributed by atoms with Crippen LogP contribution in [0, 0.1) is 0 Å².